The Bertz CT molecular complexity index is 1130. The molecule has 2 atom stereocenters. The van der Waals surface area contributed by atoms with E-state index >= 15 is 0 Å². The van der Waals surface area contributed by atoms with E-state index in [-0.39, 0.29) is 24.2 Å². The number of benzene rings is 2. The number of hydrogen-bond donors (Lipinski definition) is 0. The van der Waals surface area contributed by atoms with Crippen LogP contribution >= 0.6 is 11.6 Å². The van der Waals surface area contributed by atoms with Crippen molar-refractivity contribution in [2.75, 3.05) is 14.2 Å². The van der Waals surface area contributed by atoms with Crippen LogP contribution in [0.3, 0.4) is 0 Å². The first-order valence-electron chi connectivity index (χ1n) is 10.3. The molecule has 1 aliphatic rings. The molecule has 8 nitrogen and oxygen atoms in total. The number of rotatable bonds is 6. The van der Waals surface area contributed by atoms with E-state index in [1.54, 1.807) is 54.3 Å². The van der Waals surface area contributed by atoms with Crippen LogP contribution in [0.25, 0.3) is 0 Å². The first-order valence-corrected chi connectivity index (χ1v) is 10.7. The lowest BCUT2D eigenvalue weighted by Gasteiger charge is -2.48. The molecule has 0 amide bonds. The van der Waals surface area contributed by atoms with E-state index < -0.39 is 28.3 Å². The van der Waals surface area contributed by atoms with E-state index in [4.69, 9.17) is 21.1 Å². The molecule has 1 aliphatic heterocycles. The Kier molecular flexibility index (Phi) is 7.07. The molecule has 0 aliphatic carbocycles. The van der Waals surface area contributed by atoms with Crippen molar-refractivity contribution in [1.82, 2.24) is 4.90 Å². The summed E-state index contributed by atoms with van der Waals surface area (Å²) in [5, 5.41) is 12.0. The van der Waals surface area contributed by atoms with Gasteiger partial charge in [-0.15, -0.1) is 0 Å². The van der Waals surface area contributed by atoms with Gasteiger partial charge in [0.05, 0.1) is 24.7 Å². The Morgan fingerprint density at radius 2 is 1.79 bits per heavy atom. The van der Waals surface area contributed by atoms with Crippen molar-refractivity contribution in [3.8, 4) is 0 Å². The second-order valence-electron chi connectivity index (χ2n) is 7.86. The minimum atomic E-state index is -1.35. The van der Waals surface area contributed by atoms with E-state index in [0.29, 0.717) is 21.8 Å². The molecule has 1 heterocycles. The van der Waals surface area contributed by atoms with Crippen LogP contribution in [-0.4, -0.2) is 42.0 Å². The summed E-state index contributed by atoms with van der Waals surface area (Å²) in [6.45, 7) is 3.66. The minimum Gasteiger partial charge on any atom is -0.468 e. The number of allylic oxidation sites excluding steroid dienone is 1. The first-order chi connectivity index (χ1) is 15.7. The number of nitro groups is 1. The van der Waals surface area contributed by atoms with Gasteiger partial charge in [-0.25, -0.2) is 4.79 Å². The van der Waals surface area contributed by atoms with Gasteiger partial charge in [-0.05, 0) is 25.5 Å². The molecule has 0 spiro atoms. The van der Waals surface area contributed by atoms with Crippen molar-refractivity contribution in [3.05, 3.63) is 86.1 Å². The van der Waals surface area contributed by atoms with Crippen molar-refractivity contribution < 1.29 is 24.0 Å². The Morgan fingerprint density at radius 1 is 1.15 bits per heavy atom. The Hall–Kier alpha value is -3.39. The van der Waals surface area contributed by atoms with Gasteiger partial charge in [0.1, 0.15) is 5.41 Å². The number of nitrogens with zero attached hydrogens (tertiary/aromatic N) is 2. The zero-order chi connectivity index (χ0) is 24.3. The van der Waals surface area contributed by atoms with E-state index in [9.17, 15) is 19.7 Å². The van der Waals surface area contributed by atoms with Crippen LogP contribution < -0.4 is 0 Å². The summed E-state index contributed by atoms with van der Waals surface area (Å²) in [7, 11) is 2.55. The van der Waals surface area contributed by atoms with Gasteiger partial charge < -0.3 is 14.4 Å². The lowest BCUT2D eigenvalue weighted by Crippen LogP contribution is -2.57. The average molecular weight is 473 g/mol. The number of hydrogen-bond acceptors (Lipinski definition) is 7. The van der Waals surface area contributed by atoms with Crippen molar-refractivity contribution >= 4 is 29.2 Å². The highest BCUT2D eigenvalue weighted by Gasteiger charge is 2.54. The molecule has 3 rings (SSSR count). The van der Waals surface area contributed by atoms with E-state index in [2.05, 4.69) is 0 Å². The normalized spacial score (nSPS) is 20.4. The topological polar surface area (TPSA) is 99.0 Å². The third kappa shape index (κ3) is 4.18. The van der Waals surface area contributed by atoms with Crippen molar-refractivity contribution in [2.24, 2.45) is 0 Å². The summed E-state index contributed by atoms with van der Waals surface area (Å²) in [4.78, 5) is 39.1. The zero-order valence-electron chi connectivity index (χ0n) is 18.8. The molecule has 0 fully saturated rings. The van der Waals surface area contributed by atoms with Crippen molar-refractivity contribution in [2.45, 2.75) is 38.3 Å². The molecule has 0 aromatic heterocycles. The summed E-state index contributed by atoms with van der Waals surface area (Å²) in [6.07, 6.45) is 0.0104. The third-order valence-corrected chi connectivity index (χ3v) is 6.70. The highest BCUT2D eigenvalue weighted by molar-refractivity contribution is 6.31. The van der Waals surface area contributed by atoms with Crippen molar-refractivity contribution in [1.29, 1.82) is 0 Å². The fraction of sp³-hybridized carbons (Fsp3) is 0.333. The maximum Gasteiger partial charge on any atom is 0.335 e. The summed E-state index contributed by atoms with van der Waals surface area (Å²) in [5.74, 6) is -1.16. The summed E-state index contributed by atoms with van der Waals surface area (Å²) < 4.78 is 10.2. The lowest BCUT2D eigenvalue weighted by molar-refractivity contribution is -0.385. The lowest BCUT2D eigenvalue weighted by atomic mass is 9.67. The molecule has 0 saturated heterocycles. The SMILES string of the molecule is COC(=O)C1=C(C)N(Cc2ccccc2[N+](=O)[O-])C(C)C(C(=O)OC)(c2ccccc2Cl)C1. The largest absolute Gasteiger partial charge is 0.468 e. The number of ether oxygens (including phenoxy) is 2. The number of esters is 2. The Labute approximate surface area is 196 Å². The number of para-hydroxylation sites is 1. The number of carbonyl (C=O) groups is 2. The van der Waals surface area contributed by atoms with Crippen LogP contribution in [0.5, 0.6) is 0 Å². The molecule has 2 aromatic carbocycles. The molecule has 0 N–H and O–H groups in total. The molecule has 9 heteroatoms. The maximum atomic E-state index is 13.4. The standard InChI is InChI=1S/C24H25ClN2O6/c1-15-18(22(28)32-3)13-24(23(29)33-4,19-10-6-7-11-20(19)25)16(2)26(15)14-17-9-5-8-12-21(17)27(30)31/h5-12,16H,13-14H2,1-4H3. The second kappa shape index (κ2) is 9.62. The number of halogens is 1. The van der Waals surface area contributed by atoms with Crippen LogP contribution in [0.4, 0.5) is 5.69 Å². The Morgan fingerprint density at radius 3 is 2.39 bits per heavy atom. The monoisotopic (exact) mass is 472 g/mol. The molecular weight excluding hydrogens is 448 g/mol. The van der Waals surface area contributed by atoms with E-state index in [0.717, 1.165) is 0 Å². The fourth-order valence-corrected chi connectivity index (χ4v) is 4.87. The van der Waals surface area contributed by atoms with Gasteiger partial charge in [-0.3, -0.25) is 14.9 Å². The van der Waals surface area contributed by atoms with Crippen LogP contribution in [-0.2, 0) is 31.0 Å². The van der Waals surface area contributed by atoms with Gasteiger partial charge in [0.2, 0.25) is 0 Å². The summed E-state index contributed by atoms with van der Waals surface area (Å²) >= 11 is 6.54. The number of nitro benzene ring substituents is 1. The Balaban J connectivity index is 2.27. The van der Waals surface area contributed by atoms with Crippen LogP contribution in [0.2, 0.25) is 5.02 Å². The van der Waals surface area contributed by atoms with Gasteiger partial charge in [0.25, 0.3) is 5.69 Å². The number of methoxy groups -OCH3 is 2. The van der Waals surface area contributed by atoms with E-state index in [1.807, 2.05) is 6.92 Å². The molecule has 2 unspecified atom stereocenters. The van der Waals surface area contributed by atoms with Crippen LogP contribution in [0.15, 0.2) is 59.8 Å². The highest BCUT2D eigenvalue weighted by Crippen LogP contribution is 2.47. The fourth-order valence-electron chi connectivity index (χ4n) is 4.57. The quantitative estimate of drug-likeness (QED) is 0.349. The van der Waals surface area contributed by atoms with Crippen LogP contribution in [0.1, 0.15) is 31.4 Å². The summed E-state index contributed by atoms with van der Waals surface area (Å²) in [5.41, 5.74) is 0.396. The van der Waals surface area contributed by atoms with Gasteiger partial charge in [0.15, 0.2) is 0 Å². The smallest absolute Gasteiger partial charge is 0.335 e. The average Bonchev–Trinajstić information content (AvgIpc) is 2.82. The zero-order valence-corrected chi connectivity index (χ0v) is 19.6. The van der Waals surface area contributed by atoms with Gasteiger partial charge in [0, 0.05) is 41.4 Å². The minimum absolute atomic E-state index is 0.0104. The van der Waals surface area contributed by atoms with E-state index in [1.165, 1.54) is 20.3 Å². The van der Waals surface area contributed by atoms with Gasteiger partial charge in [-0.2, -0.15) is 0 Å². The molecule has 0 radical (unpaired) electrons. The van der Waals surface area contributed by atoms with Gasteiger partial charge >= 0.3 is 11.9 Å². The molecule has 0 bridgehead atoms. The van der Waals surface area contributed by atoms with Crippen molar-refractivity contribution in [3.63, 3.8) is 0 Å². The molecule has 0 saturated carbocycles. The predicted molar refractivity (Wildman–Crippen MR) is 123 cm³/mol. The highest BCUT2D eigenvalue weighted by atomic mass is 35.5. The van der Waals surface area contributed by atoms with Crippen LogP contribution in [0, 0.1) is 10.1 Å². The second-order valence-corrected chi connectivity index (χ2v) is 8.27. The predicted octanol–water partition coefficient (Wildman–Crippen LogP) is 4.40. The number of carbonyl (C=O) groups excluding carboxylic acids is 2. The molecule has 2 aromatic rings. The molecule has 174 valence electrons. The first kappa shape index (κ1) is 24.3. The summed E-state index contributed by atoms with van der Waals surface area (Å²) in [6, 6.07) is 12.7. The maximum absolute atomic E-state index is 13.4. The molecule has 33 heavy (non-hydrogen) atoms. The van der Waals surface area contributed by atoms with Gasteiger partial charge in [-0.1, -0.05) is 48.0 Å². The molecular formula is C24H25ClN2O6. The third-order valence-electron chi connectivity index (χ3n) is 6.37.